The van der Waals surface area contributed by atoms with Gasteiger partial charge in [0.2, 0.25) is 0 Å². The minimum absolute atomic E-state index is 0.0275. The fraction of sp³-hybridized carbons (Fsp3) is 0.864. The number of hydrogen-bond donors (Lipinski definition) is 0. The molecule has 0 N–H and O–H groups in total. The number of unbranched alkanes of at least 4 members (excludes halogenated alkanes) is 7. The second kappa shape index (κ2) is 12.1. The molecule has 0 amide bonds. The number of hydrogen-bond acceptors (Lipinski definition) is 0. The average Bonchev–Trinajstić information content (AvgIpc) is 2.47. The first-order chi connectivity index (χ1) is 10.8. The molecule has 0 nitrogen and oxygen atoms in total. The van der Waals surface area contributed by atoms with Crippen molar-refractivity contribution in [2.45, 2.75) is 112 Å². The van der Waals surface area contributed by atoms with E-state index < -0.39 is 0 Å². The Bertz CT molecular complexity index is 312. The lowest BCUT2D eigenvalue weighted by Crippen LogP contribution is -2.32. The van der Waals surface area contributed by atoms with Gasteiger partial charge in [-0.2, -0.15) is 0 Å². The predicted octanol–water partition coefficient (Wildman–Crippen LogP) is 8.23. The first-order valence-electron chi connectivity index (χ1n) is 9.80. The van der Waals surface area contributed by atoms with E-state index in [0.29, 0.717) is 12.8 Å². The van der Waals surface area contributed by atoms with Crippen LogP contribution in [0.25, 0.3) is 0 Å². The monoisotopic (exact) mass is 324 g/mol. The molecule has 0 unspecified atom stereocenters. The van der Waals surface area contributed by atoms with Crippen molar-refractivity contribution in [1.29, 1.82) is 0 Å². The first-order valence-corrected chi connectivity index (χ1v) is 9.80. The molecule has 0 saturated carbocycles. The van der Waals surface area contributed by atoms with Crippen LogP contribution >= 0.6 is 0 Å². The highest BCUT2D eigenvalue weighted by Crippen LogP contribution is 2.44. The van der Waals surface area contributed by atoms with E-state index in [2.05, 4.69) is 54.0 Å². The molecule has 23 heavy (non-hydrogen) atoms. The molecule has 0 aromatic carbocycles. The van der Waals surface area contributed by atoms with E-state index in [4.69, 9.17) is 0 Å². The molecule has 0 aliphatic carbocycles. The highest BCUT2D eigenvalue weighted by atomic mass is 19.1. The van der Waals surface area contributed by atoms with Crippen LogP contribution in [0.3, 0.4) is 0 Å². The number of halogens is 1. The van der Waals surface area contributed by atoms with Crippen molar-refractivity contribution in [3.63, 3.8) is 0 Å². The predicted molar refractivity (Wildman–Crippen MR) is 102 cm³/mol. The van der Waals surface area contributed by atoms with Crippen molar-refractivity contribution in [1.82, 2.24) is 0 Å². The molecule has 0 aromatic rings. The van der Waals surface area contributed by atoms with Crippen molar-refractivity contribution in [2.75, 3.05) is 0 Å². The van der Waals surface area contributed by atoms with Crippen LogP contribution in [-0.4, -0.2) is 0 Å². The Balaban J connectivity index is 3.94. The Hall–Kier alpha value is -0.330. The minimum Gasteiger partial charge on any atom is -0.212 e. The zero-order valence-electron chi connectivity index (χ0n) is 16.7. The molecule has 0 rings (SSSR count). The third kappa shape index (κ3) is 10.2. The van der Waals surface area contributed by atoms with Crippen molar-refractivity contribution in [3.8, 4) is 0 Å². The molecular formula is C22H41F. The van der Waals surface area contributed by atoms with Crippen LogP contribution < -0.4 is 0 Å². The second-order valence-electron chi connectivity index (χ2n) is 8.36. The van der Waals surface area contributed by atoms with Crippen LogP contribution in [0, 0.1) is 23.3 Å². The fourth-order valence-corrected chi connectivity index (χ4v) is 2.85. The SMILES string of the molecule is C[CH]CC(C)(C)C(C)(C)C/[C]=C(/F)CCCCCCCCCC. The Morgan fingerprint density at radius 2 is 1.39 bits per heavy atom. The summed E-state index contributed by atoms with van der Waals surface area (Å²) in [6, 6.07) is 0. The second-order valence-corrected chi connectivity index (χ2v) is 8.36. The third-order valence-electron chi connectivity index (χ3n) is 5.52. The van der Waals surface area contributed by atoms with Gasteiger partial charge in [0.15, 0.2) is 0 Å². The third-order valence-corrected chi connectivity index (χ3v) is 5.52. The van der Waals surface area contributed by atoms with Gasteiger partial charge in [-0.05, 0) is 49.0 Å². The summed E-state index contributed by atoms with van der Waals surface area (Å²) in [5.41, 5.74) is 0.240. The molecule has 1 heteroatoms. The van der Waals surface area contributed by atoms with Crippen molar-refractivity contribution < 1.29 is 4.39 Å². The molecule has 136 valence electrons. The van der Waals surface area contributed by atoms with Gasteiger partial charge >= 0.3 is 0 Å². The molecule has 0 aliphatic rings. The topological polar surface area (TPSA) is 0 Å². The van der Waals surface area contributed by atoms with Crippen LogP contribution in [-0.2, 0) is 0 Å². The molecular weight excluding hydrogens is 283 g/mol. The van der Waals surface area contributed by atoms with E-state index in [1.807, 2.05) is 0 Å². The summed E-state index contributed by atoms with van der Waals surface area (Å²) in [5.74, 6) is -0.0275. The maximum Gasteiger partial charge on any atom is 0.103 e. The Morgan fingerprint density at radius 3 is 1.91 bits per heavy atom. The normalized spacial score (nSPS) is 13.6. The summed E-state index contributed by atoms with van der Waals surface area (Å²) < 4.78 is 14.0. The highest BCUT2D eigenvalue weighted by molar-refractivity contribution is 4.95. The molecule has 0 fully saturated rings. The zero-order chi connectivity index (χ0) is 17.8. The van der Waals surface area contributed by atoms with Gasteiger partial charge in [-0.15, -0.1) is 0 Å². The van der Waals surface area contributed by atoms with E-state index in [1.54, 1.807) is 0 Å². The van der Waals surface area contributed by atoms with E-state index in [-0.39, 0.29) is 16.7 Å². The number of rotatable bonds is 14. The maximum absolute atomic E-state index is 14.0. The lowest BCUT2D eigenvalue weighted by Gasteiger charge is -2.41. The van der Waals surface area contributed by atoms with E-state index in [0.717, 1.165) is 19.3 Å². The summed E-state index contributed by atoms with van der Waals surface area (Å²) in [6.45, 7) is 13.3. The van der Waals surface area contributed by atoms with Gasteiger partial charge in [0.25, 0.3) is 0 Å². The van der Waals surface area contributed by atoms with Crippen molar-refractivity contribution in [3.05, 3.63) is 18.3 Å². The molecule has 0 spiro atoms. The Kier molecular flexibility index (Phi) is 11.9. The molecule has 0 saturated heterocycles. The van der Waals surface area contributed by atoms with Crippen LogP contribution in [0.5, 0.6) is 0 Å². The summed E-state index contributed by atoms with van der Waals surface area (Å²) in [4.78, 5) is 0. The van der Waals surface area contributed by atoms with Gasteiger partial charge in [-0.25, -0.2) is 4.39 Å². The highest BCUT2D eigenvalue weighted by Gasteiger charge is 2.35. The molecule has 0 aromatic heterocycles. The van der Waals surface area contributed by atoms with Crippen LogP contribution in [0.1, 0.15) is 112 Å². The maximum atomic E-state index is 14.0. The van der Waals surface area contributed by atoms with E-state index in [9.17, 15) is 4.39 Å². The summed E-state index contributed by atoms with van der Waals surface area (Å²) in [5, 5.41) is 0. The summed E-state index contributed by atoms with van der Waals surface area (Å²) in [7, 11) is 0. The summed E-state index contributed by atoms with van der Waals surface area (Å²) >= 11 is 0. The largest absolute Gasteiger partial charge is 0.212 e. The van der Waals surface area contributed by atoms with Crippen LogP contribution in [0.2, 0.25) is 0 Å². The zero-order valence-corrected chi connectivity index (χ0v) is 16.7. The summed E-state index contributed by atoms with van der Waals surface area (Å²) in [6.07, 6.45) is 17.6. The van der Waals surface area contributed by atoms with Crippen LogP contribution in [0.15, 0.2) is 5.83 Å². The molecule has 0 bridgehead atoms. The Morgan fingerprint density at radius 1 is 0.870 bits per heavy atom. The van der Waals surface area contributed by atoms with Gasteiger partial charge in [0.1, 0.15) is 5.83 Å². The number of allylic oxidation sites excluding steroid dienone is 2. The molecule has 0 atom stereocenters. The van der Waals surface area contributed by atoms with Gasteiger partial charge in [-0.1, -0.05) is 86.5 Å². The minimum atomic E-state index is -0.0275. The van der Waals surface area contributed by atoms with Gasteiger partial charge in [-0.3, -0.25) is 0 Å². The van der Waals surface area contributed by atoms with Crippen molar-refractivity contribution in [2.24, 2.45) is 10.8 Å². The standard InChI is InChI=1S/C22H41F/c1-7-9-10-11-12-13-14-15-16-20(23)17-19-22(5,6)21(3,4)18-8-2/h8H,7,9-16,18-19H2,1-6H3. The van der Waals surface area contributed by atoms with E-state index in [1.165, 1.54) is 38.5 Å². The Labute approximate surface area is 146 Å². The lowest BCUT2D eigenvalue weighted by atomic mass is 9.64. The van der Waals surface area contributed by atoms with Crippen molar-refractivity contribution >= 4 is 0 Å². The quantitative estimate of drug-likeness (QED) is 0.282. The lowest BCUT2D eigenvalue weighted by molar-refractivity contribution is 0.109. The molecule has 0 aliphatic heterocycles. The van der Waals surface area contributed by atoms with Gasteiger partial charge in [0, 0.05) is 0 Å². The van der Waals surface area contributed by atoms with Gasteiger partial charge < -0.3 is 0 Å². The van der Waals surface area contributed by atoms with Crippen LogP contribution in [0.4, 0.5) is 4.39 Å². The molecule has 0 heterocycles. The first kappa shape index (κ1) is 22.7. The average molecular weight is 325 g/mol. The van der Waals surface area contributed by atoms with E-state index >= 15 is 0 Å². The fourth-order valence-electron chi connectivity index (χ4n) is 2.85. The smallest absolute Gasteiger partial charge is 0.103 e. The molecule has 2 radical (unpaired) electrons. The van der Waals surface area contributed by atoms with Gasteiger partial charge in [0.05, 0.1) is 0 Å².